The van der Waals surface area contributed by atoms with E-state index < -0.39 is 0 Å². The SMILES string of the molecule is Cc1ccc(CN=C(N)NC2CCCCC2)c(N2CCCC2)n1.I. The van der Waals surface area contributed by atoms with E-state index in [2.05, 4.69) is 27.3 Å². The van der Waals surface area contributed by atoms with E-state index in [1.807, 2.05) is 6.92 Å². The van der Waals surface area contributed by atoms with Gasteiger partial charge < -0.3 is 16.0 Å². The highest BCUT2D eigenvalue weighted by Gasteiger charge is 2.17. The lowest BCUT2D eigenvalue weighted by Gasteiger charge is -2.23. The second-order valence-corrected chi connectivity index (χ2v) is 6.81. The number of nitrogens with two attached hydrogens (primary N) is 1. The zero-order valence-electron chi connectivity index (χ0n) is 14.6. The first-order chi connectivity index (χ1) is 11.2. The minimum absolute atomic E-state index is 0. The molecular formula is C18H30IN5. The van der Waals surface area contributed by atoms with Gasteiger partial charge in [-0.2, -0.15) is 0 Å². The molecule has 2 heterocycles. The maximum absolute atomic E-state index is 6.09. The minimum Gasteiger partial charge on any atom is -0.370 e. The summed E-state index contributed by atoms with van der Waals surface area (Å²) < 4.78 is 0. The number of pyridine rings is 1. The van der Waals surface area contributed by atoms with Crippen LogP contribution in [0.25, 0.3) is 0 Å². The number of aliphatic imine (C=N–C) groups is 1. The first kappa shape index (κ1) is 19.3. The van der Waals surface area contributed by atoms with Gasteiger partial charge in [-0.1, -0.05) is 25.3 Å². The fourth-order valence-electron chi connectivity index (χ4n) is 3.57. The van der Waals surface area contributed by atoms with Gasteiger partial charge in [-0.05, 0) is 38.7 Å². The van der Waals surface area contributed by atoms with Crippen LogP contribution in [0.15, 0.2) is 17.1 Å². The molecule has 0 spiro atoms. The molecule has 24 heavy (non-hydrogen) atoms. The highest BCUT2D eigenvalue weighted by molar-refractivity contribution is 14.0. The van der Waals surface area contributed by atoms with E-state index in [9.17, 15) is 0 Å². The van der Waals surface area contributed by atoms with Crippen LogP contribution in [-0.4, -0.2) is 30.1 Å². The average molecular weight is 443 g/mol. The summed E-state index contributed by atoms with van der Waals surface area (Å²) in [6.45, 7) is 4.85. The summed E-state index contributed by atoms with van der Waals surface area (Å²) in [7, 11) is 0. The second-order valence-electron chi connectivity index (χ2n) is 6.81. The van der Waals surface area contributed by atoms with Crippen LogP contribution >= 0.6 is 24.0 Å². The van der Waals surface area contributed by atoms with E-state index in [4.69, 9.17) is 10.7 Å². The molecule has 1 aliphatic carbocycles. The van der Waals surface area contributed by atoms with Crippen molar-refractivity contribution in [3.8, 4) is 0 Å². The van der Waals surface area contributed by atoms with Crippen molar-refractivity contribution in [3.63, 3.8) is 0 Å². The van der Waals surface area contributed by atoms with Crippen LogP contribution in [0.4, 0.5) is 5.82 Å². The fourth-order valence-corrected chi connectivity index (χ4v) is 3.57. The Hall–Kier alpha value is -1.05. The van der Waals surface area contributed by atoms with Gasteiger partial charge in [0, 0.05) is 30.4 Å². The van der Waals surface area contributed by atoms with Gasteiger partial charge in [0.25, 0.3) is 0 Å². The Morgan fingerprint density at radius 3 is 2.62 bits per heavy atom. The lowest BCUT2D eigenvalue weighted by atomic mass is 9.96. The van der Waals surface area contributed by atoms with Gasteiger partial charge in [0.15, 0.2) is 5.96 Å². The molecule has 1 aromatic rings. The zero-order valence-corrected chi connectivity index (χ0v) is 17.0. The van der Waals surface area contributed by atoms with Gasteiger partial charge >= 0.3 is 0 Å². The van der Waals surface area contributed by atoms with Gasteiger partial charge in [-0.25, -0.2) is 9.98 Å². The fraction of sp³-hybridized carbons (Fsp3) is 0.667. The third kappa shape index (κ3) is 5.22. The molecule has 6 heteroatoms. The molecule has 5 nitrogen and oxygen atoms in total. The Morgan fingerprint density at radius 1 is 1.21 bits per heavy atom. The van der Waals surface area contributed by atoms with E-state index in [0.29, 0.717) is 18.5 Å². The van der Waals surface area contributed by atoms with Gasteiger partial charge in [0.2, 0.25) is 0 Å². The summed E-state index contributed by atoms with van der Waals surface area (Å²) in [5.41, 5.74) is 8.33. The Balaban J connectivity index is 0.00000208. The van der Waals surface area contributed by atoms with Gasteiger partial charge in [0.1, 0.15) is 5.82 Å². The molecule has 1 aromatic heterocycles. The van der Waals surface area contributed by atoms with Crippen molar-refractivity contribution >= 4 is 35.8 Å². The molecule has 1 saturated carbocycles. The number of guanidine groups is 1. The first-order valence-corrected chi connectivity index (χ1v) is 9.00. The van der Waals surface area contributed by atoms with Crippen LogP contribution in [0, 0.1) is 6.92 Å². The Morgan fingerprint density at radius 2 is 1.92 bits per heavy atom. The third-order valence-corrected chi connectivity index (χ3v) is 4.88. The Bertz CT molecular complexity index is 548. The standard InChI is InChI=1S/C18H29N5.HI/c1-14-9-10-15(17(21-14)23-11-5-6-12-23)13-20-18(19)22-16-7-3-2-4-8-16;/h9-10,16H,2-8,11-13H2,1H3,(H3,19,20,22);1H. The summed E-state index contributed by atoms with van der Waals surface area (Å²) in [6.07, 6.45) is 8.87. The van der Waals surface area contributed by atoms with Gasteiger partial charge in [-0.3, -0.25) is 0 Å². The van der Waals surface area contributed by atoms with Crippen molar-refractivity contribution in [3.05, 3.63) is 23.4 Å². The van der Waals surface area contributed by atoms with Crippen LogP contribution in [0.5, 0.6) is 0 Å². The van der Waals surface area contributed by atoms with Crippen molar-refractivity contribution in [2.75, 3.05) is 18.0 Å². The summed E-state index contributed by atoms with van der Waals surface area (Å²) in [4.78, 5) is 11.7. The average Bonchev–Trinajstić information content (AvgIpc) is 3.09. The molecule has 1 aliphatic heterocycles. The molecule has 2 fully saturated rings. The van der Waals surface area contributed by atoms with Crippen molar-refractivity contribution in [2.24, 2.45) is 10.7 Å². The van der Waals surface area contributed by atoms with Crippen LogP contribution < -0.4 is 16.0 Å². The zero-order chi connectivity index (χ0) is 16.1. The van der Waals surface area contributed by atoms with Crippen LogP contribution in [0.1, 0.15) is 56.2 Å². The van der Waals surface area contributed by atoms with E-state index in [-0.39, 0.29) is 24.0 Å². The number of rotatable bonds is 4. The Labute approximate surface area is 162 Å². The quantitative estimate of drug-likeness (QED) is 0.426. The highest BCUT2D eigenvalue weighted by Crippen LogP contribution is 2.23. The van der Waals surface area contributed by atoms with E-state index in [1.165, 1.54) is 50.5 Å². The molecule has 1 saturated heterocycles. The second kappa shape index (κ2) is 9.44. The molecule has 0 atom stereocenters. The van der Waals surface area contributed by atoms with E-state index in [0.717, 1.165) is 24.6 Å². The van der Waals surface area contributed by atoms with E-state index in [1.54, 1.807) is 0 Å². The molecule has 2 aliphatic rings. The van der Waals surface area contributed by atoms with Crippen molar-refractivity contribution in [1.82, 2.24) is 10.3 Å². The molecule has 0 unspecified atom stereocenters. The minimum atomic E-state index is 0. The molecule has 3 N–H and O–H groups in total. The number of nitrogens with zero attached hydrogens (tertiary/aromatic N) is 3. The first-order valence-electron chi connectivity index (χ1n) is 9.00. The monoisotopic (exact) mass is 443 g/mol. The maximum Gasteiger partial charge on any atom is 0.189 e. The topological polar surface area (TPSA) is 66.5 Å². The van der Waals surface area contributed by atoms with E-state index >= 15 is 0 Å². The highest BCUT2D eigenvalue weighted by atomic mass is 127. The summed E-state index contributed by atoms with van der Waals surface area (Å²) in [6, 6.07) is 4.71. The van der Waals surface area contributed by atoms with Gasteiger partial charge in [-0.15, -0.1) is 24.0 Å². The van der Waals surface area contributed by atoms with Crippen molar-refractivity contribution in [2.45, 2.75) is 64.5 Å². The van der Waals surface area contributed by atoms with Crippen LogP contribution in [0.3, 0.4) is 0 Å². The largest absolute Gasteiger partial charge is 0.370 e. The lowest BCUT2D eigenvalue weighted by Crippen LogP contribution is -2.41. The normalized spacial score (nSPS) is 19.2. The summed E-state index contributed by atoms with van der Waals surface area (Å²) in [5, 5.41) is 3.38. The van der Waals surface area contributed by atoms with Crippen LogP contribution in [-0.2, 0) is 6.54 Å². The third-order valence-electron chi connectivity index (χ3n) is 4.88. The number of aromatic nitrogens is 1. The molecule has 0 amide bonds. The number of halogens is 1. The van der Waals surface area contributed by atoms with Crippen LogP contribution in [0.2, 0.25) is 0 Å². The maximum atomic E-state index is 6.09. The lowest BCUT2D eigenvalue weighted by molar-refractivity contribution is 0.412. The predicted molar refractivity (Wildman–Crippen MR) is 111 cm³/mol. The number of hydrogen-bond donors (Lipinski definition) is 2. The summed E-state index contributed by atoms with van der Waals surface area (Å²) >= 11 is 0. The van der Waals surface area contributed by atoms with Crippen molar-refractivity contribution < 1.29 is 0 Å². The summed E-state index contributed by atoms with van der Waals surface area (Å²) in [5.74, 6) is 1.67. The number of aryl methyl sites for hydroxylation is 1. The molecular weight excluding hydrogens is 413 g/mol. The molecule has 0 radical (unpaired) electrons. The molecule has 3 rings (SSSR count). The molecule has 134 valence electrons. The Kier molecular flexibility index (Phi) is 7.58. The number of nitrogens with one attached hydrogen (secondary N) is 1. The molecule has 0 aromatic carbocycles. The predicted octanol–water partition coefficient (Wildman–Crippen LogP) is 3.35. The molecule has 0 bridgehead atoms. The van der Waals surface area contributed by atoms with Gasteiger partial charge in [0.05, 0.1) is 6.54 Å². The number of hydrogen-bond acceptors (Lipinski definition) is 3. The number of anilines is 1. The smallest absolute Gasteiger partial charge is 0.189 e. The van der Waals surface area contributed by atoms with Crippen molar-refractivity contribution in [1.29, 1.82) is 0 Å².